The third kappa shape index (κ3) is 4.83. The van der Waals surface area contributed by atoms with Crippen LogP contribution in [0.4, 0.5) is 0 Å². The number of hydrogen-bond acceptors (Lipinski definition) is 2. The number of rotatable bonds is 8. The molecule has 0 unspecified atom stereocenters. The van der Waals surface area contributed by atoms with E-state index in [2.05, 4.69) is 46.7 Å². The van der Waals surface area contributed by atoms with Gasteiger partial charge in [-0.1, -0.05) is 22.9 Å². The molecule has 2 nitrogen and oxygen atoms in total. The van der Waals surface area contributed by atoms with E-state index in [9.17, 15) is 0 Å². The SMILES string of the molecule is CCCN(CCN(C)C)CC1(CBr)CC1. The minimum atomic E-state index is 0.626. The molecule has 3 heteroatoms. The van der Waals surface area contributed by atoms with E-state index in [1.54, 1.807) is 0 Å². The van der Waals surface area contributed by atoms with Crippen molar-refractivity contribution in [3.8, 4) is 0 Å². The Morgan fingerprint density at radius 3 is 2.20 bits per heavy atom. The Balaban J connectivity index is 2.29. The van der Waals surface area contributed by atoms with Crippen molar-refractivity contribution in [1.29, 1.82) is 0 Å². The van der Waals surface area contributed by atoms with Crippen LogP contribution in [0.3, 0.4) is 0 Å². The zero-order chi connectivity index (χ0) is 11.3. The molecule has 0 bridgehead atoms. The lowest BCUT2D eigenvalue weighted by Crippen LogP contribution is -2.37. The summed E-state index contributed by atoms with van der Waals surface area (Å²) >= 11 is 3.66. The zero-order valence-electron chi connectivity index (χ0n) is 10.4. The summed E-state index contributed by atoms with van der Waals surface area (Å²) < 4.78 is 0. The fourth-order valence-electron chi connectivity index (χ4n) is 1.91. The fourth-order valence-corrected chi connectivity index (χ4v) is 2.65. The first kappa shape index (κ1) is 13.5. The molecule has 1 aliphatic carbocycles. The zero-order valence-corrected chi connectivity index (χ0v) is 12.0. The lowest BCUT2D eigenvalue weighted by Gasteiger charge is -2.27. The molecular weight excluding hydrogens is 252 g/mol. The molecule has 1 rings (SSSR count). The van der Waals surface area contributed by atoms with Crippen molar-refractivity contribution in [1.82, 2.24) is 9.80 Å². The largest absolute Gasteiger partial charge is 0.308 e. The maximum absolute atomic E-state index is 3.66. The van der Waals surface area contributed by atoms with Crippen molar-refractivity contribution in [3.05, 3.63) is 0 Å². The predicted molar refractivity (Wildman–Crippen MR) is 70.7 cm³/mol. The molecule has 0 aliphatic heterocycles. The van der Waals surface area contributed by atoms with Crippen LogP contribution in [-0.4, -0.2) is 55.4 Å². The Bertz CT molecular complexity index is 178. The van der Waals surface area contributed by atoms with Crippen LogP contribution in [0.2, 0.25) is 0 Å². The van der Waals surface area contributed by atoms with Gasteiger partial charge in [0.15, 0.2) is 0 Å². The van der Waals surface area contributed by atoms with Crippen molar-refractivity contribution in [2.24, 2.45) is 5.41 Å². The van der Waals surface area contributed by atoms with Crippen molar-refractivity contribution >= 4 is 15.9 Å². The molecule has 0 saturated heterocycles. The van der Waals surface area contributed by atoms with Crippen LogP contribution in [0.1, 0.15) is 26.2 Å². The van der Waals surface area contributed by atoms with Gasteiger partial charge < -0.3 is 9.80 Å². The highest BCUT2D eigenvalue weighted by Gasteiger charge is 2.42. The summed E-state index contributed by atoms with van der Waals surface area (Å²) in [7, 11) is 4.31. The molecule has 0 aromatic carbocycles. The van der Waals surface area contributed by atoms with Crippen molar-refractivity contribution < 1.29 is 0 Å². The van der Waals surface area contributed by atoms with E-state index in [1.807, 2.05) is 0 Å². The van der Waals surface area contributed by atoms with Gasteiger partial charge in [-0.25, -0.2) is 0 Å². The summed E-state index contributed by atoms with van der Waals surface area (Å²) in [6.45, 7) is 7.22. The average molecular weight is 277 g/mol. The van der Waals surface area contributed by atoms with Crippen LogP contribution >= 0.6 is 15.9 Å². The maximum Gasteiger partial charge on any atom is 0.0109 e. The van der Waals surface area contributed by atoms with E-state index in [1.165, 1.54) is 50.8 Å². The molecule has 0 heterocycles. The average Bonchev–Trinajstić information content (AvgIpc) is 2.95. The lowest BCUT2D eigenvalue weighted by atomic mass is 10.1. The van der Waals surface area contributed by atoms with Gasteiger partial charge in [0, 0.05) is 25.0 Å². The van der Waals surface area contributed by atoms with E-state index < -0.39 is 0 Å². The summed E-state index contributed by atoms with van der Waals surface area (Å²) in [5.74, 6) is 0. The molecule has 0 radical (unpaired) electrons. The van der Waals surface area contributed by atoms with E-state index in [-0.39, 0.29) is 0 Å². The van der Waals surface area contributed by atoms with E-state index in [4.69, 9.17) is 0 Å². The van der Waals surface area contributed by atoms with Gasteiger partial charge in [0.1, 0.15) is 0 Å². The van der Waals surface area contributed by atoms with Gasteiger partial charge >= 0.3 is 0 Å². The Labute approximate surface area is 103 Å². The highest BCUT2D eigenvalue weighted by molar-refractivity contribution is 9.09. The summed E-state index contributed by atoms with van der Waals surface area (Å²) in [5, 5.41) is 1.18. The molecule has 1 aliphatic rings. The second-order valence-corrected chi connectivity index (χ2v) is 5.77. The first-order valence-corrected chi connectivity index (χ1v) is 7.17. The van der Waals surface area contributed by atoms with Crippen LogP contribution in [0, 0.1) is 5.41 Å². The van der Waals surface area contributed by atoms with Crippen LogP contribution < -0.4 is 0 Å². The molecule has 1 saturated carbocycles. The molecule has 0 atom stereocenters. The van der Waals surface area contributed by atoms with Gasteiger partial charge in [0.2, 0.25) is 0 Å². The van der Waals surface area contributed by atoms with E-state index in [0.29, 0.717) is 5.41 Å². The molecule has 15 heavy (non-hydrogen) atoms. The molecule has 90 valence electrons. The topological polar surface area (TPSA) is 6.48 Å². The number of hydrogen-bond donors (Lipinski definition) is 0. The van der Waals surface area contributed by atoms with Crippen molar-refractivity contribution in [3.63, 3.8) is 0 Å². The summed E-state index contributed by atoms with van der Waals surface area (Å²) in [5.41, 5.74) is 0.626. The monoisotopic (exact) mass is 276 g/mol. The molecule has 0 aromatic rings. The highest BCUT2D eigenvalue weighted by atomic mass is 79.9. The normalized spacial score (nSPS) is 18.8. The first-order valence-electron chi connectivity index (χ1n) is 6.05. The van der Waals surface area contributed by atoms with E-state index >= 15 is 0 Å². The smallest absolute Gasteiger partial charge is 0.0109 e. The second kappa shape index (κ2) is 6.21. The molecule has 0 spiro atoms. The maximum atomic E-state index is 3.66. The first-order chi connectivity index (χ1) is 7.12. The summed E-state index contributed by atoms with van der Waals surface area (Å²) in [4.78, 5) is 4.91. The number of alkyl halides is 1. The van der Waals surface area contributed by atoms with E-state index in [0.717, 1.165) is 0 Å². The van der Waals surface area contributed by atoms with Crippen LogP contribution in [0.5, 0.6) is 0 Å². The van der Waals surface area contributed by atoms with Gasteiger partial charge in [-0.15, -0.1) is 0 Å². The Morgan fingerprint density at radius 2 is 1.80 bits per heavy atom. The minimum absolute atomic E-state index is 0.626. The number of likely N-dealkylation sites (N-methyl/N-ethyl adjacent to an activating group) is 1. The van der Waals surface area contributed by atoms with Crippen LogP contribution in [0.25, 0.3) is 0 Å². The lowest BCUT2D eigenvalue weighted by molar-refractivity contribution is 0.208. The summed E-state index contributed by atoms with van der Waals surface area (Å²) in [6.07, 6.45) is 4.10. The molecular formula is C12H25BrN2. The van der Waals surface area contributed by atoms with Crippen molar-refractivity contribution in [2.45, 2.75) is 26.2 Å². The van der Waals surface area contributed by atoms with Crippen molar-refractivity contribution in [2.75, 3.05) is 45.6 Å². The quantitative estimate of drug-likeness (QED) is 0.629. The molecule has 0 amide bonds. The number of halogens is 1. The molecule has 0 N–H and O–H groups in total. The standard InChI is InChI=1S/C12H25BrN2/c1-4-7-15(9-8-14(2)3)11-12(10-13)5-6-12/h4-11H2,1-3H3. The van der Waals surface area contributed by atoms with Gasteiger partial charge in [0.05, 0.1) is 0 Å². The fraction of sp³-hybridized carbons (Fsp3) is 1.00. The second-order valence-electron chi connectivity index (χ2n) is 5.21. The van der Waals surface area contributed by atoms with Crippen LogP contribution in [-0.2, 0) is 0 Å². The third-order valence-electron chi connectivity index (χ3n) is 3.20. The summed E-state index contributed by atoms with van der Waals surface area (Å²) in [6, 6.07) is 0. The Kier molecular flexibility index (Phi) is 5.58. The van der Waals surface area contributed by atoms with Gasteiger partial charge in [-0.05, 0) is 45.3 Å². The van der Waals surface area contributed by atoms with Crippen LogP contribution in [0.15, 0.2) is 0 Å². The Morgan fingerprint density at radius 1 is 1.13 bits per heavy atom. The molecule has 1 fully saturated rings. The molecule has 0 aromatic heterocycles. The third-order valence-corrected chi connectivity index (χ3v) is 4.39. The highest BCUT2D eigenvalue weighted by Crippen LogP contribution is 2.47. The predicted octanol–water partition coefficient (Wildman–Crippen LogP) is 2.44. The van der Waals surface area contributed by atoms with Gasteiger partial charge in [-0.2, -0.15) is 0 Å². The minimum Gasteiger partial charge on any atom is -0.308 e. The number of nitrogens with zero attached hydrogens (tertiary/aromatic N) is 2. The van der Waals surface area contributed by atoms with Gasteiger partial charge in [-0.3, -0.25) is 0 Å². The van der Waals surface area contributed by atoms with Gasteiger partial charge in [0.25, 0.3) is 0 Å². The Hall–Kier alpha value is 0.400.